The van der Waals surface area contributed by atoms with Crippen LogP contribution in [-0.4, -0.2) is 15.7 Å². The van der Waals surface area contributed by atoms with Crippen LogP contribution in [0.2, 0.25) is 0 Å². The monoisotopic (exact) mass is 161 g/mol. The summed E-state index contributed by atoms with van der Waals surface area (Å²) in [6.45, 7) is 3.28. The first-order valence-electron chi connectivity index (χ1n) is 3.74. The highest BCUT2D eigenvalue weighted by atomic mass is 16.3. The van der Waals surface area contributed by atoms with Crippen LogP contribution >= 0.6 is 0 Å². The van der Waals surface area contributed by atoms with E-state index in [1.807, 2.05) is 12.1 Å². The minimum atomic E-state index is -0.947. The van der Waals surface area contributed by atoms with Gasteiger partial charge in [0.2, 0.25) is 0 Å². The van der Waals surface area contributed by atoms with Crippen molar-refractivity contribution >= 4 is 0 Å². The lowest BCUT2D eigenvalue weighted by molar-refractivity contribution is 0.143. The Balaban J connectivity index is 2.81. The summed E-state index contributed by atoms with van der Waals surface area (Å²) in [7, 11) is 0. The summed E-state index contributed by atoms with van der Waals surface area (Å²) >= 11 is 0. The second kappa shape index (κ2) is 3.38. The maximum Gasteiger partial charge on any atom is 0.120 e. The molecule has 0 saturated heterocycles. The van der Waals surface area contributed by atoms with Gasteiger partial charge in [-0.05, 0) is 31.9 Å². The Hall–Kier alpha value is -1.33. The number of hydrogen-bond donors (Lipinski definition) is 1. The molecular formula is C10H11NO. The maximum absolute atomic E-state index is 9.28. The van der Waals surface area contributed by atoms with Gasteiger partial charge in [0, 0.05) is 6.20 Å². The molecule has 0 spiro atoms. The van der Waals surface area contributed by atoms with Gasteiger partial charge in [0.1, 0.15) is 11.3 Å². The fraction of sp³-hybridized carbons (Fsp3) is 0.300. The van der Waals surface area contributed by atoms with E-state index in [0.29, 0.717) is 5.69 Å². The van der Waals surface area contributed by atoms with E-state index in [9.17, 15) is 5.11 Å². The molecule has 0 amide bonds. The van der Waals surface area contributed by atoms with Crippen LogP contribution in [0.15, 0.2) is 24.4 Å². The van der Waals surface area contributed by atoms with E-state index in [0.717, 1.165) is 0 Å². The van der Waals surface area contributed by atoms with Gasteiger partial charge in [-0.3, -0.25) is 0 Å². The fourth-order valence-corrected chi connectivity index (χ4v) is 0.654. The zero-order valence-electron chi connectivity index (χ0n) is 7.20. The predicted molar refractivity (Wildman–Crippen MR) is 47.4 cm³/mol. The number of pyridine rings is 1. The van der Waals surface area contributed by atoms with Gasteiger partial charge in [-0.1, -0.05) is 12.0 Å². The minimum absolute atomic E-state index is 0.680. The molecule has 1 aromatic heterocycles. The number of nitrogens with zero attached hydrogens (tertiary/aromatic N) is 1. The highest BCUT2D eigenvalue weighted by Gasteiger charge is 2.05. The molecule has 62 valence electrons. The molecule has 1 heterocycles. The number of aliphatic hydroxyl groups is 1. The first-order chi connectivity index (χ1) is 5.58. The molecule has 1 aromatic rings. The first kappa shape index (κ1) is 8.76. The van der Waals surface area contributed by atoms with E-state index in [1.165, 1.54) is 0 Å². The van der Waals surface area contributed by atoms with Crippen LogP contribution in [0, 0.1) is 11.8 Å². The molecule has 0 fully saturated rings. The van der Waals surface area contributed by atoms with Gasteiger partial charge in [-0.15, -0.1) is 0 Å². The van der Waals surface area contributed by atoms with Gasteiger partial charge in [0.15, 0.2) is 0 Å². The lowest BCUT2D eigenvalue weighted by Crippen LogP contribution is -2.14. The van der Waals surface area contributed by atoms with Gasteiger partial charge in [0.25, 0.3) is 0 Å². The zero-order chi connectivity index (χ0) is 9.03. The molecule has 12 heavy (non-hydrogen) atoms. The number of rotatable bonds is 0. The molecule has 0 aliphatic carbocycles. The third-order valence-corrected chi connectivity index (χ3v) is 1.16. The Kier molecular flexibility index (Phi) is 2.47. The summed E-state index contributed by atoms with van der Waals surface area (Å²) in [5.41, 5.74) is -0.267. The van der Waals surface area contributed by atoms with Crippen molar-refractivity contribution < 1.29 is 5.11 Å². The summed E-state index contributed by atoms with van der Waals surface area (Å²) in [4.78, 5) is 4.00. The van der Waals surface area contributed by atoms with E-state index in [2.05, 4.69) is 16.8 Å². The molecular weight excluding hydrogens is 150 g/mol. The summed E-state index contributed by atoms with van der Waals surface area (Å²) in [6, 6.07) is 5.50. The molecule has 0 saturated carbocycles. The Morgan fingerprint density at radius 1 is 1.42 bits per heavy atom. The summed E-state index contributed by atoms with van der Waals surface area (Å²) in [6.07, 6.45) is 1.67. The van der Waals surface area contributed by atoms with Crippen molar-refractivity contribution in [3.8, 4) is 11.8 Å². The zero-order valence-corrected chi connectivity index (χ0v) is 7.20. The molecule has 0 aliphatic rings. The van der Waals surface area contributed by atoms with Crippen LogP contribution in [0.25, 0.3) is 0 Å². The van der Waals surface area contributed by atoms with Gasteiger partial charge in [-0.2, -0.15) is 0 Å². The topological polar surface area (TPSA) is 33.1 Å². The highest BCUT2D eigenvalue weighted by Crippen LogP contribution is 1.98. The Morgan fingerprint density at radius 3 is 2.67 bits per heavy atom. The van der Waals surface area contributed by atoms with Crippen molar-refractivity contribution in [2.75, 3.05) is 0 Å². The van der Waals surface area contributed by atoms with Gasteiger partial charge < -0.3 is 5.11 Å². The summed E-state index contributed by atoms with van der Waals surface area (Å²) in [5, 5.41) is 9.28. The van der Waals surface area contributed by atoms with E-state index in [1.54, 1.807) is 26.1 Å². The first-order valence-corrected chi connectivity index (χ1v) is 3.74. The van der Waals surface area contributed by atoms with Crippen molar-refractivity contribution in [3.63, 3.8) is 0 Å². The summed E-state index contributed by atoms with van der Waals surface area (Å²) in [5.74, 6) is 5.45. The third-order valence-electron chi connectivity index (χ3n) is 1.16. The van der Waals surface area contributed by atoms with Gasteiger partial charge >= 0.3 is 0 Å². The molecule has 2 heteroatoms. The fourth-order valence-electron chi connectivity index (χ4n) is 0.654. The summed E-state index contributed by atoms with van der Waals surface area (Å²) < 4.78 is 0. The van der Waals surface area contributed by atoms with Crippen molar-refractivity contribution in [2.45, 2.75) is 19.4 Å². The predicted octanol–water partition coefficient (Wildman–Crippen LogP) is 1.20. The standard InChI is InChI=1S/C10H11NO/c1-10(2,12)7-6-9-5-3-4-8-11-9/h3-5,8,12H,1-2H3. The Morgan fingerprint density at radius 2 is 2.17 bits per heavy atom. The van der Waals surface area contributed by atoms with E-state index >= 15 is 0 Å². The molecule has 0 atom stereocenters. The normalized spacial score (nSPS) is 10.2. The van der Waals surface area contributed by atoms with Crippen LogP contribution in [-0.2, 0) is 0 Å². The average Bonchev–Trinajstić information content (AvgIpc) is 2.02. The molecule has 0 radical (unpaired) electrons. The Bertz CT molecular complexity index is 300. The highest BCUT2D eigenvalue weighted by molar-refractivity contribution is 5.29. The van der Waals surface area contributed by atoms with Gasteiger partial charge in [0.05, 0.1) is 0 Å². The lowest BCUT2D eigenvalue weighted by atomic mass is 10.1. The van der Waals surface area contributed by atoms with Crippen LogP contribution in [0.3, 0.4) is 0 Å². The quantitative estimate of drug-likeness (QED) is 0.580. The van der Waals surface area contributed by atoms with Crippen molar-refractivity contribution in [1.82, 2.24) is 4.98 Å². The molecule has 2 nitrogen and oxygen atoms in total. The second-order valence-corrected chi connectivity index (χ2v) is 3.02. The molecule has 1 rings (SSSR count). The van der Waals surface area contributed by atoms with Crippen molar-refractivity contribution in [3.05, 3.63) is 30.1 Å². The molecule has 0 bridgehead atoms. The number of aromatic nitrogens is 1. The largest absolute Gasteiger partial charge is 0.378 e. The molecule has 1 N–H and O–H groups in total. The van der Waals surface area contributed by atoms with Crippen LogP contribution in [0.4, 0.5) is 0 Å². The van der Waals surface area contributed by atoms with E-state index < -0.39 is 5.60 Å². The third kappa shape index (κ3) is 3.18. The minimum Gasteiger partial charge on any atom is -0.378 e. The maximum atomic E-state index is 9.28. The van der Waals surface area contributed by atoms with Crippen LogP contribution in [0.5, 0.6) is 0 Å². The average molecular weight is 161 g/mol. The SMILES string of the molecule is CC(C)(O)C#Cc1ccccn1. The van der Waals surface area contributed by atoms with Crippen LogP contribution < -0.4 is 0 Å². The Labute approximate surface area is 72.3 Å². The second-order valence-electron chi connectivity index (χ2n) is 3.02. The molecule has 0 aliphatic heterocycles. The number of hydrogen-bond acceptors (Lipinski definition) is 2. The van der Waals surface area contributed by atoms with Crippen molar-refractivity contribution in [1.29, 1.82) is 0 Å². The van der Waals surface area contributed by atoms with Crippen LogP contribution in [0.1, 0.15) is 19.5 Å². The van der Waals surface area contributed by atoms with E-state index in [-0.39, 0.29) is 0 Å². The lowest BCUT2D eigenvalue weighted by Gasteiger charge is -2.05. The smallest absolute Gasteiger partial charge is 0.120 e. The van der Waals surface area contributed by atoms with Gasteiger partial charge in [-0.25, -0.2) is 4.98 Å². The molecule has 0 aromatic carbocycles. The molecule has 0 unspecified atom stereocenters. The van der Waals surface area contributed by atoms with E-state index in [4.69, 9.17) is 0 Å². The van der Waals surface area contributed by atoms with Crippen molar-refractivity contribution in [2.24, 2.45) is 0 Å².